The first-order valence-electron chi connectivity index (χ1n) is 10.1. The number of nitrogens with zero attached hydrogens (tertiary/aromatic N) is 2. The zero-order valence-electron chi connectivity index (χ0n) is 18.4. The fourth-order valence-corrected chi connectivity index (χ4v) is 4.22. The normalized spacial score (nSPS) is 11.8. The number of fused-ring (bicyclic) bond motifs is 1. The third-order valence-electron chi connectivity index (χ3n) is 4.95. The van der Waals surface area contributed by atoms with E-state index in [2.05, 4.69) is 20.0 Å². The van der Waals surface area contributed by atoms with Crippen molar-refractivity contribution in [2.24, 2.45) is 0 Å². The summed E-state index contributed by atoms with van der Waals surface area (Å²) in [5.74, 6) is 0.824. The third-order valence-corrected chi connectivity index (χ3v) is 6.31. The van der Waals surface area contributed by atoms with Crippen molar-refractivity contribution in [3.63, 3.8) is 0 Å². The first-order chi connectivity index (χ1) is 16.6. The van der Waals surface area contributed by atoms with Crippen molar-refractivity contribution in [1.82, 2.24) is 9.97 Å². The molecule has 35 heavy (non-hydrogen) atoms. The minimum Gasteiger partial charge on any atom is -0.497 e. The van der Waals surface area contributed by atoms with Gasteiger partial charge in [0.1, 0.15) is 11.5 Å². The maximum Gasteiger partial charge on any atom is 0.416 e. The molecule has 0 saturated heterocycles. The van der Waals surface area contributed by atoms with Crippen LogP contribution in [0.25, 0.3) is 11.0 Å². The number of benzene rings is 3. The highest BCUT2D eigenvalue weighted by Gasteiger charge is 2.31. The van der Waals surface area contributed by atoms with E-state index in [1.54, 1.807) is 42.5 Å². The Morgan fingerprint density at radius 1 is 0.829 bits per heavy atom. The molecule has 0 fully saturated rings. The van der Waals surface area contributed by atoms with Gasteiger partial charge in [-0.3, -0.25) is 4.72 Å². The minimum atomic E-state index is -4.59. The van der Waals surface area contributed by atoms with Crippen LogP contribution in [0.1, 0.15) is 5.56 Å². The number of para-hydroxylation sites is 2. The second-order valence-electron chi connectivity index (χ2n) is 7.23. The molecule has 3 aromatic carbocycles. The monoisotopic (exact) mass is 504 g/mol. The van der Waals surface area contributed by atoms with Crippen LogP contribution in [-0.2, 0) is 16.2 Å². The SMILES string of the molecule is COc1ccc(OC)c(Nc2nc3ccccc3nc2NS(=O)(=O)c2ccc(C(F)(F)F)cc2)c1. The average Bonchev–Trinajstić information content (AvgIpc) is 2.83. The molecule has 2 N–H and O–H groups in total. The van der Waals surface area contributed by atoms with Gasteiger partial charge in [0, 0.05) is 6.07 Å². The summed E-state index contributed by atoms with van der Waals surface area (Å²) < 4.78 is 77.5. The minimum absolute atomic E-state index is 0.0470. The van der Waals surface area contributed by atoms with Gasteiger partial charge in [-0.25, -0.2) is 18.4 Å². The Morgan fingerprint density at radius 2 is 1.46 bits per heavy atom. The summed E-state index contributed by atoms with van der Waals surface area (Å²) in [5, 5.41) is 3.01. The second kappa shape index (κ2) is 9.29. The summed E-state index contributed by atoms with van der Waals surface area (Å²) in [6.07, 6.45) is -4.59. The molecule has 0 aliphatic rings. The fraction of sp³-hybridized carbons (Fsp3) is 0.130. The lowest BCUT2D eigenvalue weighted by molar-refractivity contribution is -0.137. The molecule has 0 unspecified atom stereocenters. The van der Waals surface area contributed by atoms with Gasteiger partial charge in [0.25, 0.3) is 10.0 Å². The van der Waals surface area contributed by atoms with E-state index in [1.165, 1.54) is 14.2 Å². The fourth-order valence-electron chi connectivity index (χ4n) is 3.21. The molecule has 4 aromatic rings. The van der Waals surface area contributed by atoms with Crippen LogP contribution in [0.5, 0.6) is 11.5 Å². The highest BCUT2D eigenvalue weighted by Crippen LogP contribution is 2.34. The van der Waals surface area contributed by atoms with E-state index >= 15 is 0 Å². The van der Waals surface area contributed by atoms with Gasteiger partial charge in [0.15, 0.2) is 11.6 Å². The molecule has 1 heterocycles. The molecule has 0 aliphatic heterocycles. The summed E-state index contributed by atoms with van der Waals surface area (Å²) in [6.45, 7) is 0. The maximum absolute atomic E-state index is 13.0. The zero-order valence-corrected chi connectivity index (χ0v) is 19.2. The van der Waals surface area contributed by atoms with Gasteiger partial charge >= 0.3 is 6.18 Å². The lowest BCUT2D eigenvalue weighted by atomic mass is 10.2. The van der Waals surface area contributed by atoms with E-state index < -0.39 is 21.8 Å². The number of sulfonamides is 1. The third kappa shape index (κ3) is 5.22. The van der Waals surface area contributed by atoms with E-state index in [-0.39, 0.29) is 16.5 Å². The van der Waals surface area contributed by atoms with Crippen LogP contribution >= 0.6 is 0 Å². The molecule has 1 aromatic heterocycles. The van der Waals surface area contributed by atoms with Crippen molar-refractivity contribution in [2.75, 3.05) is 24.3 Å². The van der Waals surface area contributed by atoms with Crippen molar-refractivity contribution in [1.29, 1.82) is 0 Å². The Labute approximate surface area is 198 Å². The van der Waals surface area contributed by atoms with Crippen molar-refractivity contribution < 1.29 is 31.1 Å². The molecule has 0 amide bonds. The highest BCUT2D eigenvalue weighted by molar-refractivity contribution is 7.92. The Bertz CT molecular complexity index is 1480. The van der Waals surface area contributed by atoms with Gasteiger partial charge in [0.2, 0.25) is 0 Å². The van der Waals surface area contributed by atoms with Crippen LogP contribution in [0.2, 0.25) is 0 Å². The van der Waals surface area contributed by atoms with E-state index in [0.717, 1.165) is 12.1 Å². The van der Waals surface area contributed by atoms with Crippen LogP contribution in [0, 0.1) is 0 Å². The quantitative estimate of drug-likeness (QED) is 0.356. The number of rotatable bonds is 7. The second-order valence-corrected chi connectivity index (χ2v) is 8.91. The number of anilines is 3. The van der Waals surface area contributed by atoms with Crippen LogP contribution in [0.15, 0.2) is 71.6 Å². The Kier molecular flexibility index (Phi) is 6.39. The number of alkyl halides is 3. The molecule has 0 saturated carbocycles. The van der Waals surface area contributed by atoms with Crippen LogP contribution in [-0.4, -0.2) is 32.6 Å². The predicted molar refractivity (Wildman–Crippen MR) is 125 cm³/mol. The number of hydrogen-bond donors (Lipinski definition) is 2. The molecule has 8 nitrogen and oxygen atoms in total. The van der Waals surface area contributed by atoms with Crippen molar-refractivity contribution >= 4 is 38.4 Å². The standard InChI is InChI=1S/C23H19F3N4O4S/c1-33-15-9-12-20(34-2)19(13-15)29-21-22(28-18-6-4-3-5-17(18)27-21)30-35(31,32)16-10-7-14(8-11-16)23(24,25)26/h3-13H,1-2H3,(H,27,29)(H,28,30). The van der Waals surface area contributed by atoms with Crippen LogP contribution in [0.4, 0.5) is 30.5 Å². The summed E-state index contributed by atoms with van der Waals surface area (Å²) in [4.78, 5) is 8.48. The van der Waals surface area contributed by atoms with E-state index in [0.29, 0.717) is 40.4 Å². The Balaban J connectivity index is 1.76. The summed E-state index contributed by atoms with van der Waals surface area (Å²) in [7, 11) is -1.35. The van der Waals surface area contributed by atoms with Crippen molar-refractivity contribution in [3.05, 3.63) is 72.3 Å². The molecule has 12 heteroatoms. The van der Waals surface area contributed by atoms with Gasteiger partial charge in [-0.05, 0) is 48.5 Å². The molecule has 0 aliphatic carbocycles. The first kappa shape index (κ1) is 24.1. The van der Waals surface area contributed by atoms with Crippen LogP contribution in [0.3, 0.4) is 0 Å². The molecular weight excluding hydrogens is 485 g/mol. The smallest absolute Gasteiger partial charge is 0.416 e. The van der Waals surface area contributed by atoms with Gasteiger partial charge in [-0.15, -0.1) is 0 Å². The first-order valence-corrected chi connectivity index (χ1v) is 11.5. The van der Waals surface area contributed by atoms with Gasteiger partial charge < -0.3 is 14.8 Å². The molecule has 0 atom stereocenters. The molecule has 182 valence electrons. The van der Waals surface area contributed by atoms with Gasteiger partial charge in [-0.2, -0.15) is 13.2 Å². The lowest BCUT2D eigenvalue weighted by Gasteiger charge is -2.16. The highest BCUT2D eigenvalue weighted by atomic mass is 32.2. The van der Waals surface area contributed by atoms with Crippen molar-refractivity contribution in [2.45, 2.75) is 11.1 Å². The number of nitrogens with one attached hydrogen (secondary N) is 2. The Morgan fingerprint density at radius 3 is 2.03 bits per heavy atom. The van der Waals surface area contributed by atoms with Gasteiger partial charge in [0.05, 0.1) is 41.4 Å². The number of hydrogen-bond acceptors (Lipinski definition) is 7. The number of aromatic nitrogens is 2. The average molecular weight is 504 g/mol. The summed E-state index contributed by atoms with van der Waals surface area (Å²) in [6, 6.07) is 14.9. The number of halogens is 3. The predicted octanol–water partition coefficient (Wildman–Crippen LogP) is 5.21. The molecule has 0 bridgehead atoms. The van der Waals surface area contributed by atoms with E-state index in [4.69, 9.17) is 9.47 Å². The van der Waals surface area contributed by atoms with E-state index in [9.17, 15) is 21.6 Å². The molecule has 0 radical (unpaired) electrons. The van der Waals surface area contributed by atoms with Gasteiger partial charge in [-0.1, -0.05) is 12.1 Å². The zero-order chi connectivity index (χ0) is 25.2. The lowest BCUT2D eigenvalue weighted by Crippen LogP contribution is -2.16. The maximum atomic E-state index is 13.0. The van der Waals surface area contributed by atoms with Crippen LogP contribution < -0.4 is 19.5 Å². The Hall–Kier alpha value is -4.06. The molecular formula is C23H19F3N4O4S. The van der Waals surface area contributed by atoms with Crippen molar-refractivity contribution in [3.8, 4) is 11.5 Å². The number of ether oxygens (including phenoxy) is 2. The summed E-state index contributed by atoms with van der Waals surface area (Å²) >= 11 is 0. The number of methoxy groups -OCH3 is 2. The molecule has 0 spiro atoms. The van der Waals surface area contributed by atoms with E-state index in [1.807, 2.05) is 0 Å². The topological polar surface area (TPSA) is 102 Å². The molecule has 4 rings (SSSR count). The largest absolute Gasteiger partial charge is 0.497 e. The summed E-state index contributed by atoms with van der Waals surface area (Å²) in [5.41, 5.74) is 0.343.